The molecule has 6 rings (SSSR count). The van der Waals surface area contributed by atoms with Crippen molar-refractivity contribution in [3.63, 3.8) is 0 Å². The van der Waals surface area contributed by atoms with Gasteiger partial charge in [0.25, 0.3) is 0 Å². The van der Waals surface area contributed by atoms with E-state index < -0.39 is 23.8 Å². The van der Waals surface area contributed by atoms with E-state index in [9.17, 15) is 13.6 Å². The van der Waals surface area contributed by atoms with Crippen LogP contribution in [-0.4, -0.2) is 90.3 Å². The quantitative estimate of drug-likeness (QED) is 0.186. The zero-order chi connectivity index (χ0) is 31.8. The summed E-state index contributed by atoms with van der Waals surface area (Å²) >= 11 is 6.38. The summed E-state index contributed by atoms with van der Waals surface area (Å²) in [5, 5.41) is 1.31. The van der Waals surface area contributed by atoms with Gasteiger partial charge in [-0.2, -0.15) is 9.97 Å². The number of hydrogen-bond acceptors (Lipinski definition) is 6. The normalized spacial score (nSPS) is 20.5. The number of anilines is 1. The second kappa shape index (κ2) is 12.5. The highest BCUT2D eigenvalue weighted by Crippen LogP contribution is 2.39. The van der Waals surface area contributed by atoms with Crippen molar-refractivity contribution in [3.05, 3.63) is 83.2 Å². The summed E-state index contributed by atoms with van der Waals surface area (Å²) in [5.74, 6) is -1.18. The van der Waals surface area contributed by atoms with Crippen LogP contribution in [-0.2, 0) is 4.79 Å². The van der Waals surface area contributed by atoms with Crippen LogP contribution < -0.4 is 9.64 Å². The summed E-state index contributed by atoms with van der Waals surface area (Å²) in [4.78, 5) is 30.5. The van der Waals surface area contributed by atoms with Crippen LogP contribution in [0.25, 0.3) is 37.6 Å². The van der Waals surface area contributed by atoms with Crippen LogP contribution in [0, 0.1) is 18.2 Å². The fraction of sp³-hybridized carbons (Fsp3) is 0.333. The molecule has 2 saturated heterocycles. The van der Waals surface area contributed by atoms with Crippen molar-refractivity contribution in [2.45, 2.75) is 24.7 Å². The summed E-state index contributed by atoms with van der Waals surface area (Å²) < 4.78 is 51.2. The van der Waals surface area contributed by atoms with E-state index in [1.54, 1.807) is 41.3 Å². The van der Waals surface area contributed by atoms with Gasteiger partial charge in [-0.1, -0.05) is 48.5 Å². The van der Waals surface area contributed by atoms with E-state index >= 15 is 4.39 Å². The van der Waals surface area contributed by atoms with Crippen molar-refractivity contribution in [3.8, 4) is 17.1 Å². The molecule has 1 amide bonds. The highest BCUT2D eigenvalue weighted by atomic mass is 35.5. The number of rotatable bonds is 7. The molecule has 3 aromatic carbocycles. The lowest BCUT2D eigenvalue weighted by atomic mass is 9.96. The topological polar surface area (TPSA) is 66.2 Å². The van der Waals surface area contributed by atoms with Crippen LogP contribution in [0.4, 0.5) is 19.0 Å². The molecule has 0 aliphatic carbocycles. The number of carbonyl (C=O) groups is 1. The standard InChI is InChI=1S/C33H30ClF3N6O2/c1-4-27(44)43-13-12-42(17-22(43)15-38-2)32-25-10-9-24(23-7-5-6-19-8-11-26(36)29(34)28(19)23)30(37)31(25)39-33(40-32)45-18-21-14-20(35)16-41(21)3/h4-11,20-22H,1,12-18H2,3H3/t20-,21+,22+/m1/s1. The molecule has 3 heterocycles. The predicted molar refractivity (Wildman–Crippen MR) is 168 cm³/mol. The second-order valence-electron chi connectivity index (χ2n) is 11.3. The molecule has 0 spiro atoms. The highest BCUT2D eigenvalue weighted by molar-refractivity contribution is 6.37. The van der Waals surface area contributed by atoms with E-state index in [1.807, 2.05) is 16.8 Å². The van der Waals surface area contributed by atoms with Gasteiger partial charge in [0.1, 0.15) is 36.0 Å². The first-order valence-corrected chi connectivity index (χ1v) is 14.9. The number of benzene rings is 3. The molecular weight excluding hydrogens is 605 g/mol. The Hall–Kier alpha value is -4.40. The number of aromatic nitrogens is 2. The van der Waals surface area contributed by atoms with Crippen molar-refractivity contribution in [1.29, 1.82) is 0 Å². The number of likely N-dealkylation sites (N-methyl/N-ethyl adjacent to an activating group) is 1. The third kappa shape index (κ3) is 5.76. The van der Waals surface area contributed by atoms with Gasteiger partial charge in [-0.25, -0.2) is 19.7 Å². The van der Waals surface area contributed by atoms with Crippen LogP contribution in [0.1, 0.15) is 6.42 Å². The molecular formula is C33H30ClF3N6O2. The zero-order valence-corrected chi connectivity index (χ0v) is 25.3. The van der Waals surface area contributed by atoms with Crippen molar-refractivity contribution >= 4 is 45.0 Å². The Labute approximate surface area is 263 Å². The minimum absolute atomic E-state index is 0.0218. The van der Waals surface area contributed by atoms with Gasteiger partial charge in [0.15, 0.2) is 5.82 Å². The summed E-state index contributed by atoms with van der Waals surface area (Å²) in [5.41, 5.74) is 0.542. The van der Waals surface area contributed by atoms with Crippen molar-refractivity contribution in [2.24, 2.45) is 0 Å². The maximum Gasteiger partial charge on any atom is 0.319 e. The van der Waals surface area contributed by atoms with Gasteiger partial charge < -0.3 is 19.4 Å². The maximum absolute atomic E-state index is 16.6. The van der Waals surface area contributed by atoms with Crippen molar-refractivity contribution in [2.75, 3.05) is 51.3 Å². The number of piperazine rings is 1. The molecule has 0 radical (unpaired) electrons. The Balaban J connectivity index is 1.46. The predicted octanol–water partition coefficient (Wildman–Crippen LogP) is 5.93. The van der Waals surface area contributed by atoms with Gasteiger partial charge in [0.05, 0.1) is 5.02 Å². The Morgan fingerprint density at radius 2 is 1.96 bits per heavy atom. The molecule has 232 valence electrons. The Morgan fingerprint density at radius 1 is 1.13 bits per heavy atom. The fourth-order valence-electron chi connectivity index (χ4n) is 6.27. The van der Waals surface area contributed by atoms with Gasteiger partial charge >= 0.3 is 6.01 Å². The lowest BCUT2D eigenvalue weighted by molar-refractivity contribution is -0.128. The molecule has 0 unspecified atom stereocenters. The van der Waals surface area contributed by atoms with Crippen LogP contribution in [0.15, 0.2) is 55.1 Å². The van der Waals surface area contributed by atoms with E-state index in [2.05, 4.69) is 21.4 Å². The summed E-state index contributed by atoms with van der Waals surface area (Å²) in [6.45, 7) is 12.4. The molecule has 4 aromatic rings. The molecule has 3 atom stereocenters. The molecule has 2 aliphatic heterocycles. The monoisotopic (exact) mass is 634 g/mol. The van der Waals surface area contributed by atoms with Gasteiger partial charge in [-0.15, -0.1) is 0 Å². The minimum Gasteiger partial charge on any atom is -0.462 e. The average Bonchev–Trinajstić information content (AvgIpc) is 3.37. The number of ether oxygens (including phenoxy) is 1. The number of fused-ring (bicyclic) bond motifs is 2. The van der Waals surface area contributed by atoms with E-state index in [-0.39, 0.29) is 53.8 Å². The Kier molecular flexibility index (Phi) is 8.53. The number of carbonyl (C=O) groups excluding carboxylic acids is 1. The average molecular weight is 635 g/mol. The molecule has 2 aliphatic rings. The van der Waals surface area contributed by atoms with E-state index in [0.717, 1.165) is 0 Å². The van der Waals surface area contributed by atoms with E-state index in [0.29, 0.717) is 53.6 Å². The van der Waals surface area contributed by atoms with Gasteiger partial charge in [-0.05, 0) is 42.6 Å². The third-order valence-corrected chi connectivity index (χ3v) is 8.94. The van der Waals surface area contributed by atoms with Gasteiger partial charge in [0, 0.05) is 48.6 Å². The molecule has 2 fully saturated rings. The number of halogens is 4. The third-order valence-electron chi connectivity index (χ3n) is 8.58. The van der Waals surface area contributed by atoms with E-state index in [1.165, 1.54) is 12.1 Å². The summed E-state index contributed by atoms with van der Waals surface area (Å²) in [6.07, 6.45) is 0.553. The Morgan fingerprint density at radius 3 is 2.69 bits per heavy atom. The molecule has 1 aromatic heterocycles. The minimum atomic E-state index is -0.969. The fourth-order valence-corrected chi connectivity index (χ4v) is 6.54. The van der Waals surface area contributed by atoms with Gasteiger partial charge in [-0.3, -0.25) is 9.69 Å². The molecule has 0 N–H and O–H groups in total. The highest BCUT2D eigenvalue weighted by Gasteiger charge is 2.34. The first-order valence-electron chi connectivity index (χ1n) is 14.6. The van der Waals surface area contributed by atoms with Crippen molar-refractivity contribution in [1.82, 2.24) is 19.8 Å². The van der Waals surface area contributed by atoms with Crippen LogP contribution in [0.2, 0.25) is 5.02 Å². The molecule has 0 bridgehead atoms. The lowest BCUT2D eigenvalue weighted by Crippen LogP contribution is -2.56. The summed E-state index contributed by atoms with van der Waals surface area (Å²) in [6, 6.07) is 10.6. The largest absolute Gasteiger partial charge is 0.462 e. The SMILES string of the molecule is [C-]#[N+]C[C@H]1CN(c2nc(OC[C@@H]3C[C@@H](F)CN3C)nc3c(F)c(-c4cccc5ccc(F)c(Cl)c45)ccc23)CCN1C(=O)C=C. The van der Waals surface area contributed by atoms with Crippen molar-refractivity contribution < 1.29 is 22.7 Å². The second-order valence-corrected chi connectivity index (χ2v) is 11.7. The lowest BCUT2D eigenvalue weighted by Gasteiger charge is -2.39. The maximum atomic E-state index is 16.6. The van der Waals surface area contributed by atoms with Crippen LogP contribution in [0.5, 0.6) is 6.01 Å². The van der Waals surface area contributed by atoms with Gasteiger partial charge in [0.2, 0.25) is 12.5 Å². The number of likely N-dealkylation sites (tertiary alicyclic amines) is 1. The first kappa shape index (κ1) is 30.6. The number of amides is 1. The van der Waals surface area contributed by atoms with Crippen LogP contribution >= 0.6 is 11.6 Å². The molecule has 8 nitrogen and oxygen atoms in total. The molecule has 45 heavy (non-hydrogen) atoms. The smallest absolute Gasteiger partial charge is 0.319 e. The molecule has 12 heteroatoms. The van der Waals surface area contributed by atoms with Crippen LogP contribution in [0.3, 0.4) is 0 Å². The number of alkyl halides is 1. The zero-order valence-electron chi connectivity index (χ0n) is 24.5. The first-order chi connectivity index (χ1) is 21.7. The van der Waals surface area contributed by atoms with E-state index in [4.69, 9.17) is 22.9 Å². The number of nitrogens with zero attached hydrogens (tertiary/aromatic N) is 6. The molecule has 0 saturated carbocycles. The number of hydrogen-bond donors (Lipinski definition) is 0. The summed E-state index contributed by atoms with van der Waals surface area (Å²) in [7, 11) is 1.81. The Bertz CT molecular complexity index is 1850.